The fourth-order valence-corrected chi connectivity index (χ4v) is 3.03. The number of nitrogens with one attached hydrogen (secondary N) is 1. The molecule has 1 unspecified atom stereocenters. The van der Waals surface area contributed by atoms with Crippen LogP contribution in [0, 0.1) is 6.92 Å². The summed E-state index contributed by atoms with van der Waals surface area (Å²) in [6, 6.07) is 0.130. The molecule has 0 fully saturated rings. The molecule has 2 heterocycles. The zero-order valence-corrected chi connectivity index (χ0v) is 11.5. The highest BCUT2D eigenvalue weighted by molar-refractivity contribution is 7.10. The summed E-state index contributed by atoms with van der Waals surface area (Å²) in [4.78, 5) is 2.59. The van der Waals surface area contributed by atoms with E-state index in [-0.39, 0.29) is 6.04 Å². The largest absolute Gasteiger partial charge is 0.312 e. The van der Waals surface area contributed by atoms with Crippen molar-refractivity contribution in [1.82, 2.24) is 25.5 Å². The molecule has 0 bridgehead atoms. The summed E-state index contributed by atoms with van der Waals surface area (Å²) in [7, 11) is 3.67. The van der Waals surface area contributed by atoms with Gasteiger partial charge in [0.2, 0.25) is 0 Å². The average Bonchev–Trinajstić information content (AvgIpc) is 2.85. The highest BCUT2D eigenvalue weighted by Gasteiger charge is 2.18. The van der Waals surface area contributed by atoms with Gasteiger partial charge in [0.05, 0.1) is 18.1 Å². The van der Waals surface area contributed by atoms with Crippen LogP contribution in [0.1, 0.15) is 22.3 Å². The van der Waals surface area contributed by atoms with E-state index in [0.29, 0.717) is 12.2 Å². The number of likely N-dealkylation sites (N-methyl/N-ethyl adjacent to an activating group) is 1. The Kier molecular flexibility index (Phi) is 3.76. The van der Waals surface area contributed by atoms with Crippen molar-refractivity contribution in [3.8, 4) is 0 Å². The van der Waals surface area contributed by atoms with E-state index in [4.69, 9.17) is 11.6 Å². The van der Waals surface area contributed by atoms with Gasteiger partial charge in [-0.25, -0.2) is 0 Å². The molecule has 0 amide bonds. The van der Waals surface area contributed by atoms with E-state index in [1.165, 1.54) is 4.80 Å². The van der Waals surface area contributed by atoms with Crippen LogP contribution in [0.4, 0.5) is 0 Å². The first-order valence-corrected chi connectivity index (χ1v) is 6.51. The summed E-state index contributed by atoms with van der Waals surface area (Å²) >= 11 is 7.92. The number of tetrazole rings is 1. The number of aromatic nitrogens is 4. The molecule has 0 spiro atoms. The normalized spacial score (nSPS) is 12.9. The minimum Gasteiger partial charge on any atom is -0.312 e. The van der Waals surface area contributed by atoms with Crippen molar-refractivity contribution >= 4 is 22.9 Å². The lowest BCUT2D eigenvalue weighted by atomic mass is 10.1. The van der Waals surface area contributed by atoms with Crippen LogP contribution >= 0.6 is 22.9 Å². The summed E-state index contributed by atoms with van der Waals surface area (Å²) in [5, 5.41) is 18.1. The van der Waals surface area contributed by atoms with E-state index in [1.54, 1.807) is 18.4 Å². The number of thiophene rings is 1. The second-order valence-corrected chi connectivity index (χ2v) is 5.13. The van der Waals surface area contributed by atoms with Gasteiger partial charge >= 0.3 is 0 Å². The second-order valence-electron chi connectivity index (χ2n) is 3.84. The topological polar surface area (TPSA) is 55.6 Å². The predicted molar refractivity (Wildman–Crippen MR) is 68.4 cm³/mol. The fourth-order valence-electron chi connectivity index (χ4n) is 1.60. The highest BCUT2D eigenvalue weighted by Crippen LogP contribution is 2.33. The molecule has 0 radical (unpaired) electrons. The monoisotopic (exact) mass is 271 g/mol. The predicted octanol–water partition coefficient (Wildman–Crippen LogP) is 1.74. The standard InChI is InChI=1S/C10H14ClN5S/c1-6-5-17-10(9(6)11)7(12-2)4-8-13-15-16(3)14-8/h5,7,12H,4H2,1-3H3. The summed E-state index contributed by atoms with van der Waals surface area (Å²) in [6.45, 7) is 2.01. The smallest absolute Gasteiger partial charge is 0.176 e. The van der Waals surface area contributed by atoms with Crippen molar-refractivity contribution < 1.29 is 0 Å². The molecular formula is C10H14ClN5S. The summed E-state index contributed by atoms with van der Waals surface area (Å²) in [6.07, 6.45) is 0.685. The Hall–Kier alpha value is -0.980. The molecule has 92 valence electrons. The number of halogens is 1. The van der Waals surface area contributed by atoms with Gasteiger partial charge in [-0.2, -0.15) is 4.80 Å². The zero-order valence-electron chi connectivity index (χ0n) is 9.94. The molecule has 1 N–H and O–H groups in total. The SMILES string of the molecule is CNC(Cc1nnn(C)n1)c1scc(C)c1Cl. The van der Waals surface area contributed by atoms with Crippen LogP contribution in [-0.4, -0.2) is 27.3 Å². The lowest BCUT2D eigenvalue weighted by Gasteiger charge is -2.12. The maximum Gasteiger partial charge on any atom is 0.176 e. The fraction of sp³-hybridized carbons (Fsp3) is 0.500. The van der Waals surface area contributed by atoms with Crippen molar-refractivity contribution in [2.75, 3.05) is 7.05 Å². The van der Waals surface area contributed by atoms with E-state index < -0.39 is 0 Å². The van der Waals surface area contributed by atoms with Gasteiger partial charge in [0, 0.05) is 11.3 Å². The van der Waals surface area contributed by atoms with Gasteiger partial charge in [0.25, 0.3) is 0 Å². The summed E-state index contributed by atoms with van der Waals surface area (Å²) in [5.74, 6) is 0.717. The quantitative estimate of drug-likeness (QED) is 0.920. The van der Waals surface area contributed by atoms with E-state index in [2.05, 4.69) is 26.1 Å². The van der Waals surface area contributed by atoms with Crippen molar-refractivity contribution in [2.24, 2.45) is 7.05 Å². The van der Waals surface area contributed by atoms with Gasteiger partial charge < -0.3 is 5.32 Å². The van der Waals surface area contributed by atoms with Crippen molar-refractivity contribution in [3.63, 3.8) is 0 Å². The van der Waals surface area contributed by atoms with E-state index in [9.17, 15) is 0 Å². The molecule has 1 atom stereocenters. The molecule has 0 aliphatic heterocycles. The number of hydrogen-bond donors (Lipinski definition) is 1. The Balaban J connectivity index is 2.19. The number of rotatable bonds is 4. The zero-order chi connectivity index (χ0) is 12.4. The Bertz CT molecular complexity index is 507. The highest BCUT2D eigenvalue weighted by atomic mass is 35.5. The van der Waals surface area contributed by atoms with Crippen molar-refractivity contribution in [1.29, 1.82) is 0 Å². The second kappa shape index (κ2) is 5.12. The average molecular weight is 272 g/mol. The molecule has 0 aromatic carbocycles. The van der Waals surface area contributed by atoms with Gasteiger partial charge in [-0.1, -0.05) is 11.6 Å². The first kappa shape index (κ1) is 12.5. The molecule has 2 aromatic heterocycles. The molecule has 0 aliphatic rings. The minimum absolute atomic E-state index is 0.130. The van der Waals surface area contributed by atoms with E-state index >= 15 is 0 Å². The van der Waals surface area contributed by atoms with E-state index in [0.717, 1.165) is 15.5 Å². The molecule has 0 saturated carbocycles. The van der Waals surface area contributed by atoms with Crippen LogP contribution in [0.25, 0.3) is 0 Å². The van der Waals surface area contributed by atoms with Crippen LogP contribution in [-0.2, 0) is 13.5 Å². The van der Waals surface area contributed by atoms with Crippen molar-refractivity contribution in [2.45, 2.75) is 19.4 Å². The molecule has 2 aromatic rings. The lowest BCUT2D eigenvalue weighted by molar-refractivity contribution is 0.578. The Morgan fingerprint density at radius 1 is 1.59 bits per heavy atom. The van der Waals surface area contributed by atoms with Gasteiger partial charge in [-0.3, -0.25) is 0 Å². The van der Waals surface area contributed by atoms with Gasteiger partial charge in [-0.05, 0) is 30.1 Å². The summed E-state index contributed by atoms with van der Waals surface area (Å²) in [5.41, 5.74) is 1.11. The molecule has 2 rings (SSSR count). The van der Waals surface area contributed by atoms with Crippen LogP contribution in [0.3, 0.4) is 0 Å². The first-order chi connectivity index (χ1) is 8.11. The Labute approximate surface area is 109 Å². The van der Waals surface area contributed by atoms with Crippen molar-refractivity contribution in [3.05, 3.63) is 26.7 Å². The van der Waals surface area contributed by atoms with E-state index in [1.807, 2.05) is 14.0 Å². The number of nitrogens with zero attached hydrogens (tertiary/aromatic N) is 4. The molecule has 0 saturated heterocycles. The molecular weight excluding hydrogens is 258 g/mol. The van der Waals surface area contributed by atoms with Crippen LogP contribution in [0.15, 0.2) is 5.38 Å². The minimum atomic E-state index is 0.130. The molecule has 17 heavy (non-hydrogen) atoms. The third-order valence-electron chi connectivity index (χ3n) is 2.53. The van der Waals surface area contributed by atoms with Gasteiger partial charge in [-0.15, -0.1) is 21.5 Å². The Morgan fingerprint density at radius 2 is 2.35 bits per heavy atom. The van der Waals surface area contributed by atoms with Gasteiger partial charge in [0.15, 0.2) is 5.82 Å². The van der Waals surface area contributed by atoms with Crippen LogP contribution < -0.4 is 5.32 Å². The third kappa shape index (κ3) is 2.65. The lowest BCUT2D eigenvalue weighted by Crippen LogP contribution is -2.18. The maximum atomic E-state index is 6.26. The summed E-state index contributed by atoms with van der Waals surface area (Å²) < 4.78 is 0. The van der Waals surface area contributed by atoms with Gasteiger partial charge in [0.1, 0.15) is 0 Å². The molecule has 0 aliphatic carbocycles. The molecule has 7 heteroatoms. The number of hydrogen-bond acceptors (Lipinski definition) is 5. The Morgan fingerprint density at radius 3 is 2.82 bits per heavy atom. The molecule has 5 nitrogen and oxygen atoms in total. The van der Waals surface area contributed by atoms with Crippen LogP contribution in [0.5, 0.6) is 0 Å². The van der Waals surface area contributed by atoms with Crippen LogP contribution in [0.2, 0.25) is 5.02 Å². The first-order valence-electron chi connectivity index (χ1n) is 5.25. The number of aryl methyl sites for hydroxylation is 2. The maximum absolute atomic E-state index is 6.26. The third-order valence-corrected chi connectivity index (χ3v) is 4.35.